The second-order valence-electron chi connectivity index (χ2n) is 5.53. The predicted octanol–water partition coefficient (Wildman–Crippen LogP) is 2.72. The zero-order valence-corrected chi connectivity index (χ0v) is 12.3. The third-order valence-corrected chi connectivity index (χ3v) is 3.80. The third kappa shape index (κ3) is 4.45. The molecule has 112 valence electrons. The van der Waals surface area contributed by atoms with Gasteiger partial charge in [0.2, 0.25) is 5.91 Å². The van der Waals surface area contributed by atoms with Gasteiger partial charge in [-0.3, -0.25) is 9.59 Å². The van der Waals surface area contributed by atoms with Gasteiger partial charge in [0.15, 0.2) is 0 Å². The smallest absolute Gasteiger partial charge is 0.308 e. The van der Waals surface area contributed by atoms with E-state index in [1.165, 1.54) is 5.56 Å². The maximum Gasteiger partial charge on any atom is 0.308 e. The normalized spacial score (nSPS) is 18.9. The number of aliphatic carboxylic acids is 1. The van der Waals surface area contributed by atoms with E-state index in [1.807, 2.05) is 43.3 Å². The molecule has 1 aromatic rings. The fraction of sp³-hybridized carbons (Fsp3) is 0.412. The fourth-order valence-electron chi connectivity index (χ4n) is 2.51. The van der Waals surface area contributed by atoms with Crippen LogP contribution in [0.15, 0.2) is 30.3 Å². The molecule has 0 saturated carbocycles. The first-order valence-corrected chi connectivity index (χ1v) is 7.30. The average molecular weight is 287 g/mol. The molecule has 1 unspecified atom stereocenters. The Kier molecular flexibility index (Phi) is 5.14. The Labute approximate surface area is 125 Å². The van der Waals surface area contributed by atoms with Gasteiger partial charge in [-0.15, -0.1) is 0 Å². The fourth-order valence-corrected chi connectivity index (χ4v) is 2.51. The van der Waals surface area contributed by atoms with Crippen molar-refractivity contribution in [3.63, 3.8) is 0 Å². The lowest BCUT2D eigenvalue weighted by molar-refractivity contribution is -0.145. The van der Waals surface area contributed by atoms with Crippen LogP contribution in [0.1, 0.15) is 30.4 Å². The molecule has 1 aromatic carbocycles. The molecule has 21 heavy (non-hydrogen) atoms. The monoisotopic (exact) mass is 287 g/mol. The molecule has 0 bridgehead atoms. The molecular weight excluding hydrogens is 266 g/mol. The molecule has 1 fully saturated rings. The van der Waals surface area contributed by atoms with Gasteiger partial charge >= 0.3 is 5.97 Å². The van der Waals surface area contributed by atoms with Crippen LogP contribution in [0.4, 0.5) is 0 Å². The van der Waals surface area contributed by atoms with Gasteiger partial charge in [-0.05, 0) is 25.3 Å². The molecule has 1 N–H and O–H groups in total. The summed E-state index contributed by atoms with van der Waals surface area (Å²) in [5.74, 6) is -1.21. The van der Waals surface area contributed by atoms with Crippen molar-refractivity contribution in [1.29, 1.82) is 0 Å². The first-order chi connectivity index (χ1) is 10.1. The third-order valence-electron chi connectivity index (χ3n) is 3.80. The Morgan fingerprint density at radius 3 is 2.71 bits per heavy atom. The highest BCUT2D eigenvalue weighted by atomic mass is 16.4. The summed E-state index contributed by atoms with van der Waals surface area (Å²) in [5, 5.41) is 9.03. The summed E-state index contributed by atoms with van der Waals surface area (Å²) in [4.78, 5) is 24.8. The molecule has 0 aliphatic carbocycles. The number of aryl methyl sites for hydroxylation is 1. The number of carboxylic acid groups (broad SMARTS) is 1. The van der Waals surface area contributed by atoms with Gasteiger partial charge in [0.1, 0.15) is 0 Å². The van der Waals surface area contributed by atoms with Gasteiger partial charge in [-0.25, -0.2) is 0 Å². The summed E-state index contributed by atoms with van der Waals surface area (Å²) in [6.45, 7) is 3.04. The van der Waals surface area contributed by atoms with E-state index in [0.29, 0.717) is 25.9 Å². The number of likely N-dealkylation sites (tertiary alicyclic amines) is 1. The number of hydrogen-bond donors (Lipinski definition) is 1. The molecule has 2 rings (SSSR count). The number of carboxylic acids is 1. The van der Waals surface area contributed by atoms with Gasteiger partial charge < -0.3 is 10.0 Å². The zero-order valence-electron chi connectivity index (χ0n) is 12.3. The van der Waals surface area contributed by atoms with Gasteiger partial charge in [0.05, 0.1) is 5.92 Å². The van der Waals surface area contributed by atoms with Crippen LogP contribution in [-0.4, -0.2) is 35.0 Å². The summed E-state index contributed by atoms with van der Waals surface area (Å²) < 4.78 is 0. The molecule has 1 aliphatic rings. The van der Waals surface area contributed by atoms with Crippen molar-refractivity contribution < 1.29 is 14.7 Å². The Morgan fingerprint density at radius 2 is 2.05 bits per heavy atom. The second kappa shape index (κ2) is 7.07. The van der Waals surface area contributed by atoms with Crippen LogP contribution in [0, 0.1) is 12.8 Å². The van der Waals surface area contributed by atoms with Crippen LogP contribution in [0.2, 0.25) is 0 Å². The van der Waals surface area contributed by atoms with E-state index in [4.69, 9.17) is 5.11 Å². The predicted molar refractivity (Wildman–Crippen MR) is 81.8 cm³/mol. The number of amides is 1. The Hall–Kier alpha value is -2.10. The Morgan fingerprint density at radius 1 is 1.33 bits per heavy atom. The molecule has 1 saturated heterocycles. The highest BCUT2D eigenvalue weighted by molar-refractivity contribution is 5.80. The van der Waals surface area contributed by atoms with Crippen LogP contribution in [0.5, 0.6) is 0 Å². The van der Waals surface area contributed by atoms with Crippen LogP contribution in [-0.2, 0) is 9.59 Å². The van der Waals surface area contributed by atoms with E-state index < -0.39 is 11.9 Å². The largest absolute Gasteiger partial charge is 0.481 e. The van der Waals surface area contributed by atoms with Crippen molar-refractivity contribution in [2.75, 3.05) is 13.1 Å². The molecule has 0 radical (unpaired) electrons. The molecule has 1 aliphatic heterocycles. The van der Waals surface area contributed by atoms with Crippen molar-refractivity contribution in [3.05, 3.63) is 41.5 Å². The van der Waals surface area contributed by atoms with Crippen LogP contribution >= 0.6 is 0 Å². The maximum atomic E-state index is 12.1. The molecule has 0 spiro atoms. The van der Waals surface area contributed by atoms with Crippen LogP contribution in [0.25, 0.3) is 6.08 Å². The van der Waals surface area contributed by atoms with E-state index in [-0.39, 0.29) is 5.91 Å². The SMILES string of the molecule is Cc1ccc(/C=C/CC(=O)N2CCCC(C(=O)O)C2)cc1. The van der Waals surface area contributed by atoms with Crippen molar-refractivity contribution in [3.8, 4) is 0 Å². The van der Waals surface area contributed by atoms with E-state index in [0.717, 1.165) is 12.0 Å². The van der Waals surface area contributed by atoms with Gasteiger partial charge in [-0.1, -0.05) is 42.0 Å². The molecule has 1 amide bonds. The van der Waals surface area contributed by atoms with E-state index >= 15 is 0 Å². The summed E-state index contributed by atoms with van der Waals surface area (Å²) in [6.07, 6.45) is 5.52. The van der Waals surface area contributed by atoms with Gasteiger partial charge in [-0.2, -0.15) is 0 Å². The molecule has 4 nitrogen and oxygen atoms in total. The molecule has 4 heteroatoms. The highest BCUT2D eigenvalue weighted by Crippen LogP contribution is 2.17. The van der Waals surface area contributed by atoms with Crippen LogP contribution < -0.4 is 0 Å². The number of hydrogen-bond acceptors (Lipinski definition) is 2. The Bertz CT molecular complexity index is 533. The van der Waals surface area contributed by atoms with Crippen molar-refractivity contribution in [2.24, 2.45) is 5.92 Å². The van der Waals surface area contributed by atoms with Crippen molar-refractivity contribution in [2.45, 2.75) is 26.2 Å². The summed E-state index contributed by atoms with van der Waals surface area (Å²) in [5.41, 5.74) is 2.27. The quantitative estimate of drug-likeness (QED) is 0.926. The number of piperidine rings is 1. The number of carbonyl (C=O) groups is 2. The number of carbonyl (C=O) groups excluding carboxylic acids is 1. The minimum Gasteiger partial charge on any atom is -0.481 e. The standard InChI is InChI=1S/C17H21NO3/c1-13-7-9-14(10-8-13)4-2-6-16(19)18-11-3-5-15(12-18)17(20)21/h2,4,7-10,15H,3,5-6,11-12H2,1H3,(H,20,21)/b4-2+. The van der Waals surface area contributed by atoms with Crippen molar-refractivity contribution >= 4 is 18.0 Å². The minimum absolute atomic E-state index is 0.00399. The lowest BCUT2D eigenvalue weighted by atomic mass is 9.98. The van der Waals surface area contributed by atoms with E-state index in [2.05, 4.69) is 0 Å². The van der Waals surface area contributed by atoms with Crippen molar-refractivity contribution in [1.82, 2.24) is 4.90 Å². The summed E-state index contributed by atoms with van der Waals surface area (Å²) >= 11 is 0. The average Bonchev–Trinajstić information content (AvgIpc) is 2.49. The second-order valence-corrected chi connectivity index (χ2v) is 5.53. The van der Waals surface area contributed by atoms with E-state index in [9.17, 15) is 9.59 Å². The Balaban J connectivity index is 1.86. The maximum absolute atomic E-state index is 12.1. The number of rotatable bonds is 4. The lowest BCUT2D eigenvalue weighted by Gasteiger charge is -2.30. The first kappa shape index (κ1) is 15.3. The number of benzene rings is 1. The number of nitrogens with zero attached hydrogens (tertiary/aromatic N) is 1. The summed E-state index contributed by atoms with van der Waals surface area (Å²) in [7, 11) is 0. The zero-order chi connectivity index (χ0) is 15.2. The van der Waals surface area contributed by atoms with E-state index in [1.54, 1.807) is 4.90 Å². The molecule has 1 atom stereocenters. The lowest BCUT2D eigenvalue weighted by Crippen LogP contribution is -2.42. The topological polar surface area (TPSA) is 57.6 Å². The molecule has 0 aromatic heterocycles. The molecule has 1 heterocycles. The highest BCUT2D eigenvalue weighted by Gasteiger charge is 2.27. The minimum atomic E-state index is -0.803. The van der Waals surface area contributed by atoms with Gasteiger partial charge in [0.25, 0.3) is 0 Å². The summed E-state index contributed by atoms with van der Waals surface area (Å²) in [6, 6.07) is 8.09. The molecular formula is C17H21NO3. The first-order valence-electron chi connectivity index (χ1n) is 7.30. The van der Waals surface area contributed by atoms with Crippen LogP contribution in [0.3, 0.4) is 0 Å². The van der Waals surface area contributed by atoms with Gasteiger partial charge in [0, 0.05) is 19.5 Å².